The number of pyridine rings is 1. The van der Waals surface area contributed by atoms with Crippen LogP contribution in [0.25, 0.3) is 33.1 Å². The summed E-state index contributed by atoms with van der Waals surface area (Å²) >= 11 is 3.54. The molecule has 0 saturated heterocycles. The third-order valence-electron chi connectivity index (χ3n) is 4.71. The summed E-state index contributed by atoms with van der Waals surface area (Å²) in [5.41, 5.74) is 7.64. The summed E-state index contributed by atoms with van der Waals surface area (Å²) in [6, 6.07) is 26.0. The number of anilines is 1. The van der Waals surface area contributed by atoms with Crippen molar-refractivity contribution >= 4 is 49.9 Å². The van der Waals surface area contributed by atoms with Crippen molar-refractivity contribution in [1.29, 1.82) is 0 Å². The van der Waals surface area contributed by atoms with Gasteiger partial charge in [-0.1, -0.05) is 58.4 Å². The number of hydrogen-bond donors (Lipinski definition) is 1. The normalized spacial score (nSPS) is 11.4. The van der Waals surface area contributed by atoms with E-state index in [4.69, 9.17) is 4.98 Å². The van der Waals surface area contributed by atoms with E-state index < -0.39 is 0 Å². The van der Waals surface area contributed by atoms with Crippen LogP contribution in [-0.2, 0) is 0 Å². The van der Waals surface area contributed by atoms with Gasteiger partial charge in [0.25, 0.3) is 0 Å². The van der Waals surface area contributed by atoms with Gasteiger partial charge in [-0.15, -0.1) is 0 Å². The number of hydrogen-bond acceptors (Lipinski definition) is 5. The molecule has 0 saturated carbocycles. The van der Waals surface area contributed by atoms with Gasteiger partial charge in [0.05, 0.1) is 22.9 Å². The van der Waals surface area contributed by atoms with Gasteiger partial charge in [0.1, 0.15) is 0 Å². The topological polar surface area (TPSA) is 63.1 Å². The van der Waals surface area contributed by atoms with E-state index in [2.05, 4.69) is 36.4 Å². The fraction of sp³-hybridized carbons (Fsp3) is 0. The van der Waals surface area contributed by atoms with Crippen molar-refractivity contribution in [2.24, 2.45) is 5.10 Å². The van der Waals surface area contributed by atoms with Gasteiger partial charge in [-0.25, -0.2) is 15.4 Å². The van der Waals surface area contributed by atoms with Crippen LogP contribution in [0.3, 0.4) is 0 Å². The van der Waals surface area contributed by atoms with E-state index >= 15 is 0 Å². The van der Waals surface area contributed by atoms with Gasteiger partial charge in [-0.05, 0) is 42.0 Å². The maximum atomic E-state index is 4.73. The molecular weight excluding hydrogens is 438 g/mol. The number of benzene rings is 3. The maximum absolute atomic E-state index is 4.73. The van der Waals surface area contributed by atoms with Crippen molar-refractivity contribution in [1.82, 2.24) is 15.0 Å². The van der Waals surface area contributed by atoms with Crippen LogP contribution in [0.1, 0.15) is 5.56 Å². The lowest BCUT2D eigenvalue weighted by molar-refractivity contribution is 1.16. The molecular formula is C24H16BrN5. The zero-order valence-electron chi connectivity index (χ0n) is 15.8. The third-order valence-corrected chi connectivity index (χ3v) is 5.20. The van der Waals surface area contributed by atoms with Crippen LogP contribution in [0.2, 0.25) is 0 Å². The van der Waals surface area contributed by atoms with Crippen molar-refractivity contribution in [3.8, 4) is 11.3 Å². The summed E-state index contributed by atoms with van der Waals surface area (Å²) in [6.07, 6.45) is 3.54. The molecule has 0 bridgehead atoms. The van der Waals surface area contributed by atoms with Crippen LogP contribution < -0.4 is 5.43 Å². The van der Waals surface area contributed by atoms with Gasteiger partial charge in [-0.2, -0.15) is 5.10 Å². The fourth-order valence-electron chi connectivity index (χ4n) is 3.31. The minimum atomic E-state index is 0.447. The van der Waals surface area contributed by atoms with Crippen molar-refractivity contribution in [3.63, 3.8) is 0 Å². The summed E-state index contributed by atoms with van der Waals surface area (Å²) in [7, 11) is 0. The number of rotatable bonds is 4. The SMILES string of the molecule is Brc1ccc2nc(NN=Cc3ccc4ncccc4c3)nc(-c3ccccc3)c2c1. The van der Waals surface area contributed by atoms with Crippen molar-refractivity contribution in [3.05, 3.63) is 95.1 Å². The molecule has 1 N–H and O–H groups in total. The largest absolute Gasteiger partial charge is 0.256 e. The first-order valence-electron chi connectivity index (χ1n) is 9.43. The lowest BCUT2D eigenvalue weighted by atomic mass is 10.1. The molecule has 5 rings (SSSR count). The first-order valence-corrected chi connectivity index (χ1v) is 10.2. The first kappa shape index (κ1) is 18.4. The molecule has 30 heavy (non-hydrogen) atoms. The Kier molecular flexibility index (Phi) is 4.91. The van der Waals surface area contributed by atoms with Crippen LogP contribution >= 0.6 is 15.9 Å². The molecule has 0 spiro atoms. The van der Waals surface area contributed by atoms with Crippen LogP contribution in [0, 0.1) is 0 Å². The minimum Gasteiger partial charge on any atom is -0.256 e. The van der Waals surface area contributed by atoms with Gasteiger partial charge < -0.3 is 0 Å². The summed E-state index contributed by atoms with van der Waals surface area (Å²) in [4.78, 5) is 13.7. The predicted molar refractivity (Wildman–Crippen MR) is 126 cm³/mol. The molecule has 0 aliphatic carbocycles. The zero-order valence-corrected chi connectivity index (χ0v) is 17.4. The average molecular weight is 454 g/mol. The second-order valence-electron chi connectivity index (χ2n) is 6.75. The highest BCUT2D eigenvalue weighted by atomic mass is 79.9. The highest BCUT2D eigenvalue weighted by Crippen LogP contribution is 2.29. The minimum absolute atomic E-state index is 0.447. The lowest BCUT2D eigenvalue weighted by Crippen LogP contribution is -2.00. The van der Waals surface area contributed by atoms with Crippen LogP contribution in [0.4, 0.5) is 5.95 Å². The molecule has 0 aliphatic heterocycles. The summed E-state index contributed by atoms with van der Waals surface area (Å²) in [6.45, 7) is 0. The van der Waals surface area contributed by atoms with E-state index in [1.807, 2.05) is 78.9 Å². The second-order valence-corrected chi connectivity index (χ2v) is 7.66. The van der Waals surface area contributed by atoms with E-state index in [0.717, 1.165) is 43.1 Å². The van der Waals surface area contributed by atoms with Gasteiger partial charge in [0, 0.05) is 27.0 Å². The highest BCUT2D eigenvalue weighted by Gasteiger charge is 2.10. The molecule has 2 heterocycles. The predicted octanol–water partition coefficient (Wildman–Crippen LogP) is 6.05. The van der Waals surface area contributed by atoms with Gasteiger partial charge >= 0.3 is 0 Å². The first-order chi connectivity index (χ1) is 14.8. The summed E-state index contributed by atoms with van der Waals surface area (Å²) < 4.78 is 0.986. The van der Waals surface area contributed by atoms with Gasteiger partial charge in [0.2, 0.25) is 5.95 Å². The summed E-state index contributed by atoms with van der Waals surface area (Å²) in [5.74, 6) is 0.447. The Balaban J connectivity index is 1.49. The Morgan fingerprint density at radius 3 is 2.60 bits per heavy atom. The molecule has 0 atom stereocenters. The second kappa shape index (κ2) is 8.00. The number of fused-ring (bicyclic) bond motifs is 2. The van der Waals surface area contributed by atoms with E-state index in [1.54, 1.807) is 12.4 Å². The Morgan fingerprint density at radius 2 is 1.70 bits per heavy atom. The lowest BCUT2D eigenvalue weighted by Gasteiger charge is -2.09. The third kappa shape index (κ3) is 3.77. The number of nitrogens with zero attached hydrogens (tertiary/aromatic N) is 4. The average Bonchev–Trinajstić information content (AvgIpc) is 2.79. The van der Waals surface area contributed by atoms with E-state index in [0.29, 0.717) is 5.95 Å². The van der Waals surface area contributed by atoms with E-state index in [9.17, 15) is 0 Å². The van der Waals surface area contributed by atoms with Crippen LogP contribution in [0.5, 0.6) is 0 Å². The molecule has 6 heteroatoms. The number of hydrazone groups is 1. The molecule has 0 radical (unpaired) electrons. The standard InChI is InChI=1S/C24H16BrN5/c25-19-9-11-22-20(14-19)23(17-5-2-1-3-6-17)29-24(28-22)30-27-15-16-8-10-21-18(13-16)7-4-12-26-21/h1-15H,(H,28,29,30). The monoisotopic (exact) mass is 453 g/mol. The number of halogens is 1. The van der Waals surface area contributed by atoms with Gasteiger partial charge in [-0.3, -0.25) is 4.98 Å². The fourth-order valence-corrected chi connectivity index (χ4v) is 3.67. The molecule has 5 aromatic rings. The van der Waals surface area contributed by atoms with E-state index in [-0.39, 0.29) is 0 Å². The highest BCUT2D eigenvalue weighted by molar-refractivity contribution is 9.10. The van der Waals surface area contributed by atoms with E-state index in [1.165, 1.54) is 0 Å². The Labute approximate surface area is 181 Å². The maximum Gasteiger partial charge on any atom is 0.244 e. The molecule has 0 aliphatic rings. The molecule has 0 amide bonds. The molecule has 3 aromatic carbocycles. The molecule has 2 aromatic heterocycles. The molecule has 144 valence electrons. The number of aromatic nitrogens is 3. The molecule has 0 unspecified atom stereocenters. The molecule has 0 fully saturated rings. The Hall–Kier alpha value is -3.64. The molecule has 5 nitrogen and oxygen atoms in total. The van der Waals surface area contributed by atoms with Crippen molar-refractivity contribution in [2.45, 2.75) is 0 Å². The van der Waals surface area contributed by atoms with Crippen LogP contribution in [0.15, 0.2) is 94.6 Å². The van der Waals surface area contributed by atoms with Crippen molar-refractivity contribution < 1.29 is 0 Å². The zero-order chi connectivity index (χ0) is 20.3. The van der Waals surface area contributed by atoms with Gasteiger partial charge in [0.15, 0.2) is 0 Å². The number of nitrogens with one attached hydrogen (secondary N) is 1. The summed E-state index contributed by atoms with van der Waals surface area (Å²) in [5, 5.41) is 6.40. The quantitative estimate of drug-likeness (QED) is 0.265. The Bertz CT molecular complexity index is 1380. The smallest absolute Gasteiger partial charge is 0.244 e. The van der Waals surface area contributed by atoms with Crippen molar-refractivity contribution in [2.75, 3.05) is 5.43 Å². The Morgan fingerprint density at radius 1 is 0.833 bits per heavy atom. The van der Waals surface area contributed by atoms with Crippen LogP contribution in [-0.4, -0.2) is 21.2 Å².